The topological polar surface area (TPSA) is 33.2 Å². The Labute approximate surface area is 164 Å². The first kappa shape index (κ1) is 21.3. The summed E-state index contributed by atoms with van der Waals surface area (Å²) in [5.41, 5.74) is 3.81. The predicted molar refractivity (Wildman–Crippen MR) is 113 cm³/mol. The summed E-state index contributed by atoms with van der Waals surface area (Å²) in [7, 11) is 2.12. The summed E-state index contributed by atoms with van der Waals surface area (Å²) >= 11 is 0. The summed E-state index contributed by atoms with van der Waals surface area (Å²) in [6.07, 6.45) is 6.04. The van der Waals surface area contributed by atoms with Crippen molar-refractivity contribution in [3.8, 4) is 0 Å². The van der Waals surface area contributed by atoms with Crippen molar-refractivity contribution in [2.75, 3.05) is 7.05 Å². The number of carbonyl (C=O) groups is 1. The minimum absolute atomic E-state index is 0.0727. The molecule has 3 nitrogen and oxygen atoms in total. The van der Waals surface area contributed by atoms with Crippen molar-refractivity contribution in [2.45, 2.75) is 71.4 Å². The Hall–Kier alpha value is -2.00. The fourth-order valence-electron chi connectivity index (χ4n) is 4.69. The van der Waals surface area contributed by atoms with Crippen molar-refractivity contribution in [1.29, 1.82) is 0 Å². The van der Waals surface area contributed by atoms with Crippen LogP contribution < -0.4 is 0 Å². The van der Waals surface area contributed by atoms with E-state index in [1.807, 2.05) is 32.3 Å². The molecule has 1 fully saturated rings. The van der Waals surface area contributed by atoms with Gasteiger partial charge in [0.25, 0.3) is 0 Å². The molecular weight excluding hydrogens is 332 g/mol. The number of rotatable bonds is 5. The number of likely N-dealkylation sites (tertiary alicyclic amines) is 1. The summed E-state index contributed by atoms with van der Waals surface area (Å²) in [4.78, 5) is 19.2. The number of ketones is 1. The largest absolute Gasteiger partial charge is 0.298 e. The molecule has 1 aliphatic rings. The van der Waals surface area contributed by atoms with E-state index in [0.717, 1.165) is 12.8 Å². The molecule has 0 amide bonds. The van der Waals surface area contributed by atoms with E-state index in [-0.39, 0.29) is 17.7 Å². The van der Waals surface area contributed by atoms with Crippen LogP contribution in [0.2, 0.25) is 0 Å². The molecule has 1 aliphatic heterocycles. The third-order valence-electron chi connectivity index (χ3n) is 5.71. The van der Waals surface area contributed by atoms with Gasteiger partial charge in [-0.15, -0.1) is 0 Å². The van der Waals surface area contributed by atoms with Gasteiger partial charge < -0.3 is 0 Å². The second kappa shape index (κ2) is 9.80. The third-order valence-corrected chi connectivity index (χ3v) is 5.71. The van der Waals surface area contributed by atoms with E-state index in [0.29, 0.717) is 12.0 Å². The van der Waals surface area contributed by atoms with Crippen LogP contribution in [0.25, 0.3) is 0 Å². The first-order valence-electron chi connectivity index (χ1n) is 10.2. The molecule has 3 heteroatoms. The zero-order chi connectivity index (χ0) is 20.0. The maximum atomic E-state index is 12.6. The SMILES string of the molecule is CC.CCCC1C(c2ccncc2C)C(c2ccccc2)C(C(C)=O)N1C. The van der Waals surface area contributed by atoms with Gasteiger partial charge in [-0.25, -0.2) is 0 Å². The number of aryl methyl sites for hydroxylation is 1. The number of pyridine rings is 1. The van der Waals surface area contributed by atoms with E-state index in [1.54, 1.807) is 6.92 Å². The van der Waals surface area contributed by atoms with E-state index in [2.05, 4.69) is 61.1 Å². The lowest BCUT2D eigenvalue weighted by atomic mass is 9.75. The molecule has 1 aromatic carbocycles. The van der Waals surface area contributed by atoms with E-state index < -0.39 is 0 Å². The van der Waals surface area contributed by atoms with Gasteiger partial charge in [-0.3, -0.25) is 14.7 Å². The highest BCUT2D eigenvalue weighted by molar-refractivity contribution is 5.83. The molecule has 27 heavy (non-hydrogen) atoms. The molecule has 0 spiro atoms. The zero-order valence-electron chi connectivity index (χ0n) is 17.6. The van der Waals surface area contributed by atoms with Gasteiger partial charge in [-0.2, -0.15) is 0 Å². The number of Topliss-reactive ketones (excluding diaryl/α,β-unsaturated/α-hetero) is 1. The van der Waals surface area contributed by atoms with Crippen molar-refractivity contribution < 1.29 is 4.79 Å². The Balaban J connectivity index is 0.00000126. The Kier molecular flexibility index (Phi) is 7.73. The van der Waals surface area contributed by atoms with E-state index in [4.69, 9.17) is 0 Å². The molecule has 4 atom stereocenters. The van der Waals surface area contributed by atoms with Crippen LogP contribution in [0.1, 0.15) is 69.1 Å². The van der Waals surface area contributed by atoms with Crippen LogP contribution in [0.3, 0.4) is 0 Å². The van der Waals surface area contributed by atoms with Crippen LogP contribution >= 0.6 is 0 Å². The lowest BCUT2D eigenvalue weighted by Crippen LogP contribution is -2.38. The minimum Gasteiger partial charge on any atom is -0.298 e. The number of hydrogen-bond donors (Lipinski definition) is 0. The van der Waals surface area contributed by atoms with Gasteiger partial charge in [-0.05, 0) is 50.1 Å². The minimum atomic E-state index is -0.0727. The molecule has 4 unspecified atom stereocenters. The Bertz CT molecular complexity index is 728. The average Bonchev–Trinajstić information content (AvgIpc) is 2.97. The third kappa shape index (κ3) is 4.30. The van der Waals surface area contributed by atoms with Gasteiger partial charge in [0.2, 0.25) is 0 Å². The second-order valence-electron chi connectivity index (χ2n) is 7.27. The van der Waals surface area contributed by atoms with Gasteiger partial charge in [-0.1, -0.05) is 57.5 Å². The fourth-order valence-corrected chi connectivity index (χ4v) is 4.69. The predicted octanol–water partition coefficient (Wildman–Crippen LogP) is 5.36. The zero-order valence-corrected chi connectivity index (χ0v) is 17.6. The van der Waals surface area contributed by atoms with E-state index in [9.17, 15) is 4.79 Å². The maximum Gasteiger partial charge on any atom is 0.147 e. The fraction of sp³-hybridized carbons (Fsp3) is 0.500. The van der Waals surface area contributed by atoms with Gasteiger partial charge in [0.1, 0.15) is 5.78 Å². The van der Waals surface area contributed by atoms with Crippen molar-refractivity contribution >= 4 is 5.78 Å². The summed E-state index contributed by atoms with van der Waals surface area (Å²) in [6.45, 7) is 10.1. The van der Waals surface area contributed by atoms with Crippen molar-refractivity contribution in [3.05, 3.63) is 65.5 Å². The lowest BCUT2D eigenvalue weighted by molar-refractivity contribution is -0.121. The Morgan fingerprint density at radius 3 is 2.33 bits per heavy atom. The summed E-state index contributed by atoms with van der Waals surface area (Å²) < 4.78 is 0. The van der Waals surface area contributed by atoms with Crippen LogP contribution in [0.4, 0.5) is 0 Å². The molecular formula is C24H34N2O. The van der Waals surface area contributed by atoms with Crippen LogP contribution in [-0.2, 0) is 4.79 Å². The summed E-state index contributed by atoms with van der Waals surface area (Å²) in [5.74, 6) is 0.747. The number of aromatic nitrogens is 1. The van der Waals surface area contributed by atoms with Crippen LogP contribution in [0.15, 0.2) is 48.8 Å². The highest BCUT2D eigenvalue weighted by Crippen LogP contribution is 2.49. The summed E-state index contributed by atoms with van der Waals surface area (Å²) in [5, 5.41) is 0. The Morgan fingerprint density at radius 2 is 1.78 bits per heavy atom. The highest BCUT2D eigenvalue weighted by Gasteiger charge is 2.49. The van der Waals surface area contributed by atoms with Crippen LogP contribution in [0, 0.1) is 6.92 Å². The number of benzene rings is 1. The molecule has 2 aromatic rings. The number of carbonyl (C=O) groups excluding carboxylic acids is 1. The van der Waals surface area contributed by atoms with E-state index >= 15 is 0 Å². The molecule has 0 aliphatic carbocycles. The number of likely N-dealkylation sites (N-methyl/N-ethyl adjacent to an activating group) is 1. The average molecular weight is 367 g/mol. The maximum absolute atomic E-state index is 12.6. The van der Waals surface area contributed by atoms with Crippen molar-refractivity contribution in [2.24, 2.45) is 0 Å². The molecule has 0 bridgehead atoms. The molecule has 0 N–H and O–H groups in total. The molecule has 1 saturated heterocycles. The molecule has 1 aromatic heterocycles. The number of hydrogen-bond acceptors (Lipinski definition) is 3. The first-order valence-corrected chi connectivity index (χ1v) is 10.2. The standard InChI is InChI=1S/C22H28N2O.C2H6/c1-5-9-19-21(18-12-13-23-14-15(18)2)20(17-10-7-6-8-11-17)22(16(3)25)24(19)4;1-2/h6-8,10-14,19-22H,5,9H2,1-4H3;1-2H3. The number of nitrogens with zero attached hydrogens (tertiary/aromatic N) is 2. The van der Waals surface area contributed by atoms with Crippen LogP contribution in [0.5, 0.6) is 0 Å². The Morgan fingerprint density at radius 1 is 1.11 bits per heavy atom. The normalized spacial score (nSPS) is 25.0. The highest BCUT2D eigenvalue weighted by atomic mass is 16.1. The molecule has 0 radical (unpaired) electrons. The van der Waals surface area contributed by atoms with Gasteiger partial charge in [0.15, 0.2) is 0 Å². The smallest absolute Gasteiger partial charge is 0.147 e. The second-order valence-corrected chi connectivity index (χ2v) is 7.27. The van der Waals surface area contributed by atoms with Gasteiger partial charge in [0, 0.05) is 30.3 Å². The molecule has 146 valence electrons. The van der Waals surface area contributed by atoms with Crippen LogP contribution in [-0.4, -0.2) is 34.8 Å². The van der Waals surface area contributed by atoms with Gasteiger partial charge >= 0.3 is 0 Å². The quantitative estimate of drug-likeness (QED) is 0.714. The molecule has 3 rings (SSSR count). The van der Waals surface area contributed by atoms with Crippen molar-refractivity contribution in [1.82, 2.24) is 9.88 Å². The lowest BCUT2D eigenvalue weighted by Gasteiger charge is -2.28. The van der Waals surface area contributed by atoms with Gasteiger partial charge in [0.05, 0.1) is 6.04 Å². The van der Waals surface area contributed by atoms with Crippen molar-refractivity contribution in [3.63, 3.8) is 0 Å². The first-order chi connectivity index (χ1) is 13.1. The van der Waals surface area contributed by atoms with E-state index in [1.165, 1.54) is 16.7 Å². The summed E-state index contributed by atoms with van der Waals surface area (Å²) in [6, 6.07) is 13.0. The molecule has 0 saturated carbocycles. The monoisotopic (exact) mass is 366 g/mol. The molecule has 2 heterocycles.